The van der Waals surface area contributed by atoms with Gasteiger partial charge in [-0.3, -0.25) is 0 Å². The molecular formula is C7H9F3O2. The molecule has 2 nitrogen and oxygen atoms in total. The van der Waals surface area contributed by atoms with Gasteiger partial charge < -0.3 is 5.11 Å². The Bertz CT molecular complexity index is 215. The quantitative estimate of drug-likeness (QED) is 0.665. The fourth-order valence-corrected chi connectivity index (χ4v) is 0.748. The molecule has 0 aliphatic carbocycles. The van der Waals surface area contributed by atoms with Crippen molar-refractivity contribution < 1.29 is 23.1 Å². The van der Waals surface area contributed by atoms with Crippen molar-refractivity contribution in [3.05, 3.63) is 11.1 Å². The molecule has 0 atom stereocenters. The molecule has 1 N–H and O–H groups in total. The summed E-state index contributed by atoms with van der Waals surface area (Å²) in [4.78, 5) is 10.3. The average molecular weight is 182 g/mol. The van der Waals surface area contributed by atoms with E-state index in [1.54, 1.807) is 0 Å². The Morgan fingerprint density at radius 2 is 1.83 bits per heavy atom. The Hall–Kier alpha value is -1.00. The maximum Gasteiger partial charge on any atom is 0.412 e. The van der Waals surface area contributed by atoms with Gasteiger partial charge in [-0.05, 0) is 13.3 Å². The van der Waals surface area contributed by atoms with Crippen molar-refractivity contribution in [2.24, 2.45) is 0 Å². The van der Waals surface area contributed by atoms with Crippen LogP contribution in [0.15, 0.2) is 11.1 Å². The minimum Gasteiger partial charge on any atom is -0.478 e. The predicted octanol–water partition coefficient (Wildman–Crippen LogP) is 2.36. The molecule has 0 spiro atoms. The van der Waals surface area contributed by atoms with Crippen LogP contribution >= 0.6 is 0 Å². The van der Waals surface area contributed by atoms with E-state index in [-0.39, 0.29) is 6.42 Å². The van der Waals surface area contributed by atoms with Crippen LogP contribution in [0.3, 0.4) is 0 Å². The van der Waals surface area contributed by atoms with Crippen molar-refractivity contribution in [3.8, 4) is 0 Å². The summed E-state index contributed by atoms with van der Waals surface area (Å²) < 4.78 is 35.8. The lowest BCUT2D eigenvalue weighted by atomic mass is 10.1. The van der Waals surface area contributed by atoms with E-state index in [0.717, 1.165) is 6.92 Å². The van der Waals surface area contributed by atoms with Crippen LogP contribution in [0.4, 0.5) is 13.2 Å². The molecule has 0 aromatic heterocycles. The molecule has 12 heavy (non-hydrogen) atoms. The maximum atomic E-state index is 11.9. The molecule has 0 rings (SSSR count). The zero-order chi connectivity index (χ0) is 9.94. The molecule has 5 heteroatoms. The van der Waals surface area contributed by atoms with Crippen LogP contribution in [0.1, 0.15) is 20.3 Å². The van der Waals surface area contributed by atoms with Gasteiger partial charge in [-0.15, -0.1) is 0 Å². The Morgan fingerprint density at radius 3 is 1.92 bits per heavy atom. The highest BCUT2D eigenvalue weighted by molar-refractivity contribution is 5.87. The predicted molar refractivity (Wildman–Crippen MR) is 36.7 cm³/mol. The summed E-state index contributed by atoms with van der Waals surface area (Å²) in [6.45, 7) is 2.14. The molecule has 0 aromatic rings. The first-order valence-corrected chi connectivity index (χ1v) is 3.31. The number of hydrogen-bond acceptors (Lipinski definition) is 1. The van der Waals surface area contributed by atoms with E-state index in [2.05, 4.69) is 0 Å². The zero-order valence-corrected chi connectivity index (χ0v) is 6.70. The van der Waals surface area contributed by atoms with Crippen molar-refractivity contribution in [2.75, 3.05) is 0 Å². The number of hydrogen-bond donors (Lipinski definition) is 1. The van der Waals surface area contributed by atoms with E-state index in [0.29, 0.717) is 0 Å². The Balaban J connectivity index is 4.99. The third kappa shape index (κ3) is 2.56. The van der Waals surface area contributed by atoms with Crippen LogP contribution in [0.5, 0.6) is 0 Å². The van der Waals surface area contributed by atoms with Gasteiger partial charge in [0, 0.05) is 11.1 Å². The van der Waals surface area contributed by atoms with Gasteiger partial charge in [0.15, 0.2) is 0 Å². The summed E-state index contributed by atoms with van der Waals surface area (Å²) in [5.74, 6) is -1.51. The average Bonchev–Trinajstić information content (AvgIpc) is 1.86. The lowest BCUT2D eigenvalue weighted by Crippen LogP contribution is -2.15. The van der Waals surface area contributed by atoms with Gasteiger partial charge in [0.1, 0.15) is 0 Å². The number of aliphatic carboxylic acids is 1. The van der Waals surface area contributed by atoms with Crippen LogP contribution in [-0.4, -0.2) is 17.3 Å². The molecule has 0 fully saturated rings. The molecule has 0 saturated carbocycles. The Morgan fingerprint density at radius 1 is 1.42 bits per heavy atom. The Kier molecular flexibility index (Phi) is 3.30. The summed E-state index contributed by atoms with van der Waals surface area (Å²) in [5.41, 5.74) is -1.61. The smallest absolute Gasteiger partial charge is 0.412 e. The van der Waals surface area contributed by atoms with Gasteiger partial charge in [0.25, 0.3) is 0 Å². The Labute approximate surface area is 67.7 Å². The van der Waals surface area contributed by atoms with Gasteiger partial charge in [0.2, 0.25) is 0 Å². The first-order valence-electron chi connectivity index (χ1n) is 3.31. The zero-order valence-electron chi connectivity index (χ0n) is 6.70. The first-order chi connectivity index (χ1) is 5.30. The highest BCUT2D eigenvalue weighted by atomic mass is 19.4. The third-order valence-electron chi connectivity index (χ3n) is 1.49. The highest BCUT2D eigenvalue weighted by Gasteiger charge is 2.33. The summed E-state index contributed by atoms with van der Waals surface area (Å²) in [6, 6.07) is 0. The molecular weight excluding hydrogens is 173 g/mol. The van der Waals surface area contributed by atoms with E-state index in [1.807, 2.05) is 0 Å². The fraction of sp³-hybridized carbons (Fsp3) is 0.571. The van der Waals surface area contributed by atoms with Gasteiger partial charge >= 0.3 is 12.1 Å². The molecule has 0 radical (unpaired) electrons. The number of carboxylic acid groups (broad SMARTS) is 1. The molecule has 0 aliphatic rings. The van der Waals surface area contributed by atoms with Crippen LogP contribution in [0.25, 0.3) is 0 Å². The molecule has 70 valence electrons. The number of allylic oxidation sites excluding steroid dienone is 1. The number of carbonyl (C=O) groups is 1. The second-order valence-corrected chi connectivity index (χ2v) is 2.26. The van der Waals surface area contributed by atoms with Gasteiger partial charge in [-0.1, -0.05) is 6.92 Å². The molecule has 0 unspecified atom stereocenters. The number of carboxylic acids is 1. The molecule has 0 amide bonds. The van der Waals surface area contributed by atoms with Gasteiger partial charge in [0.05, 0.1) is 0 Å². The van der Waals surface area contributed by atoms with Crippen molar-refractivity contribution in [1.82, 2.24) is 0 Å². The van der Waals surface area contributed by atoms with Crippen molar-refractivity contribution >= 4 is 5.97 Å². The lowest BCUT2D eigenvalue weighted by molar-refractivity contribution is -0.134. The number of halogens is 3. The molecule has 0 bridgehead atoms. The topological polar surface area (TPSA) is 37.3 Å². The maximum absolute atomic E-state index is 11.9. The SMILES string of the molecule is CC/C(C(=O)O)=C(/C)C(F)(F)F. The second-order valence-electron chi connectivity index (χ2n) is 2.26. The largest absolute Gasteiger partial charge is 0.478 e. The second kappa shape index (κ2) is 3.60. The van der Waals surface area contributed by atoms with Crippen LogP contribution in [-0.2, 0) is 4.79 Å². The van der Waals surface area contributed by atoms with Gasteiger partial charge in [-0.25, -0.2) is 4.79 Å². The number of alkyl halides is 3. The van der Waals surface area contributed by atoms with Crippen LogP contribution in [0, 0.1) is 0 Å². The fourth-order valence-electron chi connectivity index (χ4n) is 0.748. The highest BCUT2D eigenvalue weighted by Crippen LogP contribution is 2.28. The van der Waals surface area contributed by atoms with E-state index in [4.69, 9.17) is 5.11 Å². The van der Waals surface area contributed by atoms with E-state index in [9.17, 15) is 18.0 Å². The standard InChI is InChI=1S/C7H9F3O2/c1-3-5(6(11)12)4(2)7(8,9)10/h3H2,1-2H3,(H,11,12)/b5-4+. The van der Waals surface area contributed by atoms with E-state index >= 15 is 0 Å². The van der Waals surface area contributed by atoms with E-state index in [1.165, 1.54) is 6.92 Å². The summed E-state index contributed by atoms with van der Waals surface area (Å²) in [5, 5.41) is 8.35. The summed E-state index contributed by atoms with van der Waals surface area (Å²) in [6.07, 6.45) is -4.66. The summed E-state index contributed by atoms with van der Waals surface area (Å²) >= 11 is 0. The minimum atomic E-state index is -4.54. The van der Waals surface area contributed by atoms with E-state index < -0.39 is 23.3 Å². The normalized spacial score (nSPS) is 14.1. The summed E-state index contributed by atoms with van der Waals surface area (Å²) in [7, 11) is 0. The van der Waals surface area contributed by atoms with Crippen molar-refractivity contribution in [2.45, 2.75) is 26.4 Å². The van der Waals surface area contributed by atoms with Crippen molar-refractivity contribution in [3.63, 3.8) is 0 Å². The van der Waals surface area contributed by atoms with Crippen LogP contribution < -0.4 is 0 Å². The van der Waals surface area contributed by atoms with Gasteiger partial charge in [-0.2, -0.15) is 13.2 Å². The molecule has 0 saturated heterocycles. The minimum absolute atomic E-state index is 0.124. The monoisotopic (exact) mass is 182 g/mol. The molecule has 0 aromatic carbocycles. The third-order valence-corrected chi connectivity index (χ3v) is 1.49. The first kappa shape index (κ1) is 11.0. The van der Waals surface area contributed by atoms with Crippen LogP contribution in [0.2, 0.25) is 0 Å². The lowest BCUT2D eigenvalue weighted by Gasteiger charge is -2.09. The molecule has 0 aliphatic heterocycles. The van der Waals surface area contributed by atoms with Crippen molar-refractivity contribution in [1.29, 1.82) is 0 Å². The number of rotatable bonds is 2. The molecule has 0 heterocycles.